The van der Waals surface area contributed by atoms with Gasteiger partial charge in [-0.15, -0.1) is 0 Å². The predicted octanol–water partition coefficient (Wildman–Crippen LogP) is 1.65. The largest absolute Gasteiger partial charge is 0.373 e. The van der Waals surface area contributed by atoms with E-state index in [0.717, 1.165) is 0 Å². The van der Waals surface area contributed by atoms with E-state index in [2.05, 4.69) is 22.5 Å². The molecule has 1 aromatic heterocycles. The lowest BCUT2D eigenvalue weighted by Gasteiger charge is -2.12. The summed E-state index contributed by atoms with van der Waals surface area (Å²) >= 11 is 0. The number of amides is 1. The molecule has 1 unspecified atom stereocenters. The van der Waals surface area contributed by atoms with Gasteiger partial charge in [-0.2, -0.15) is 0 Å². The minimum Gasteiger partial charge on any atom is -0.373 e. The normalized spacial score (nSPS) is 16.6. The van der Waals surface area contributed by atoms with E-state index in [0.29, 0.717) is 17.3 Å². The van der Waals surface area contributed by atoms with E-state index >= 15 is 0 Å². The first kappa shape index (κ1) is 10.9. The molecule has 1 aliphatic carbocycles. The highest BCUT2D eigenvalue weighted by Crippen LogP contribution is 2.32. The SMILES string of the molecule is CNc1cc(C(=O)NC(C)C2CC2)ccn1. The number of anilines is 1. The number of hydrogen-bond donors (Lipinski definition) is 2. The van der Waals surface area contributed by atoms with Crippen molar-refractivity contribution < 1.29 is 4.79 Å². The molecule has 0 aliphatic heterocycles. The second-order valence-corrected chi connectivity index (χ2v) is 4.28. The Bertz CT molecular complexity index is 388. The van der Waals surface area contributed by atoms with Gasteiger partial charge in [0, 0.05) is 24.8 Å². The van der Waals surface area contributed by atoms with Gasteiger partial charge in [-0.05, 0) is 37.8 Å². The maximum Gasteiger partial charge on any atom is 0.251 e. The highest BCUT2D eigenvalue weighted by Gasteiger charge is 2.29. The molecule has 1 aromatic rings. The fourth-order valence-corrected chi connectivity index (χ4v) is 1.71. The molecule has 0 radical (unpaired) electrons. The quantitative estimate of drug-likeness (QED) is 0.809. The zero-order valence-corrected chi connectivity index (χ0v) is 9.66. The van der Waals surface area contributed by atoms with Crippen molar-refractivity contribution in [1.82, 2.24) is 10.3 Å². The molecule has 0 saturated heterocycles. The zero-order chi connectivity index (χ0) is 11.5. The molecule has 0 spiro atoms. The van der Waals surface area contributed by atoms with Crippen LogP contribution in [0, 0.1) is 5.92 Å². The van der Waals surface area contributed by atoms with Crippen molar-refractivity contribution in [3.05, 3.63) is 23.9 Å². The summed E-state index contributed by atoms with van der Waals surface area (Å²) in [5, 5.41) is 5.93. The smallest absolute Gasteiger partial charge is 0.251 e. The van der Waals surface area contributed by atoms with Crippen molar-refractivity contribution in [2.24, 2.45) is 5.92 Å². The van der Waals surface area contributed by atoms with Crippen LogP contribution in [0.1, 0.15) is 30.1 Å². The maximum absolute atomic E-state index is 11.9. The lowest BCUT2D eigenvalue weighted by atomic mass is 10.2. The summed E-state index contributed by atoms with van der Waals surface area (Å²) in [6, 6.07) is 3.77. The Balaban J connectivity index is 2.01. The van der Waals surface area contributed by atoms with Gasteiger partial charge >= 0.3 is 0 Å². The van der Waals surface area contributed by atoms with Crippen LogP contribution in [0.5, 0.6) is 0 Å². The summed E-state index contributed by atoms with van der Waals surface area (Å²) in [7, 11) is 1.79. The molecule has 0 aromatic carbocycles. The van der Waals surface area contributed by atoms with Crippen LogP contribution in [0.4, 0.5) is 5.82 Å². The minimum absolute atomic E-state index is 0.0155. The van der Waals surface area contributed by atoms with Gasteiger partial charge in [0.1, 0.15) is 5.82 Å². The number of rotatable bonds is 4. The molecule has 1 atom stereocenters. The minimum atomic E-state index is -0.0155. The van der Waals surface area contributed by atoms with Gasteiger partial charge in [-0.25, -0.2) is 4.98 Å². The Morgan fingerprint density at radius 1 is 1.56 bits per heavy atom. The highest BCUT2D eigenvalue weighted by molar-refractivity contribution is 5.94. The second kappa shape index (κ2) is 4.51. The molecule has 2 N–H and O–H groups in total. The van der Waals surface area contributed by atoms with Gasteiger partial charge in [0.2, 0.25) is 0 Å². The van der Waals surface area contributed by atoms with Crippen LogP contribution >= 0.6 is 0 Å². The summed E-state index contributed by atoms with van der Waals surface area (Å²) < 4.78 is 0. The fraction of sp³-hybridized carbons (Fsp3) is 0.500. The van der Waals surface area contributed by atoms with E-state index < -0.39 is 0 Å². The standard InChI is InChI=1S/C12H17N3O/c1-8(9-3-4-9)15-12(16)10-5-6-14-11(7-10)13-2/h5-9H,3-4H2,1-2H3,(H,13,14)(H,15,16). The molecule has 1 saturated carbocycles. The lowest BCUT2D eigenvalue weighted by Crippen LogP contribution is -2.34. The van der Waals surface area contributed by atoms with Gasteiger partial charge < -0.3 is 10.6 Å². The van der Waals surface area contributed by atoms with Crippen LogP contribution < -0.4 is 10.6 Å². The molecule has 2 rings (SSSR count). The highest BCUT2D eigenvalue weighted by atomic mass is 16.1. The molecule has 1 heterocycles. The third kappa shape index (κ3) is 2.51. The van der Waals surface area contributed by atoms with Crippen LogP contribution in [0.3, 0.4) is 0 Å². The fourth-order valence-electron chi connectivity index (χ4n) is 1.71. The summed E-state index contributed by atoms with van der Waals surface area (Å²) in [4.78, 5) is 16.0. The Labute approximate surface area is 95.5 Å². The van der Waals surface area contributed by atoms with Crippen LogP contribution in [0.2, 0.25) is 0 Å². The van der Waals surface area contributed by atoms with E-state index in [1.165, 1.54) is 12.8 Å². The molecule has 1 fully saturated rings. The first-order valence-electron chi connectivity index (χ1n) is 5.65. The number of carbonyl (C=O) groups is 1. The van der Waals surface area contributed by atoms with Gasteiger partial charge in [-0.1, -0.05) is 0 Å². The molecule has 1 amide bonds. The number of hydrogen-bond acceptors (Lipinski definition) is 3. The van der Waals surface area contributed by atoms with Crippen molar-refractivity contribution in [3.8, 4) is 0 Å². The summed E-state index contributed by atoms with van der Waals surface area (Å²) in [5.74, 6) is 1.37. The molecule has 4 heteroatoms. The van der Waals surface area contributed by atoms with Gasteiger partial charge in [-0.3, -0.25) is 4.79 Å². The molecular formula is C12H17N3O. The number of nitrogens with zero attached hydrogens (tertiary/aromatic N) is 1. The van der Waals surface area contributed by atoms with Crippen molar-refractivity contribution >= 4 is 11.7 Å². The Kier molecular flexibility index (Phi) is 3.08. The van der Waals surface area contributed by atoms with E-state index in [-0.39, 0.29) is 11.9 Å². The third-order valence-electron chi connectivity index (χ3n) is 2.97. The van der Waals surface area contributed by atoms with Crippen molar-refractivity contribution in [2.45, 2.75) is 25.8 Å². The average Bonchev–Trinajstić information content (AvgIpc) is 3.13. The Hall–Kier alpha value is -1.58. The van der Waals surface area contributed by atoms with Crippen molar-refractivity contribution in [2.75, 3.05) is 12.4 Å². The van der Waals surface area contributed by atoms with Crippen LogP contribution in [0.25, 0.3) is 0 Å². The summed E-state index contributed by atoms with van der Waals surface area (Å²) in [6.45, 7) is 2.07. The number of carbonyl (C=O) groups excluding carboxylic acids is 1. The third-order valence-corrected chi connectivity index (χ3v) is 2.97. The molecular weight excluding hydrogens is 202 g/mol. The topological polar surface area (TPSA) is 54.0 Å². The second-order valence-electron chi connectivity index (χ2n) is 4.28. The van der Waals surface area contributed by atoms with E-state index in [9.17, 15) is 4.79 Å². The number of pyridine rings is 1. The van der Waals surface area contributed by atoms with Gasteiger partial charge in [0.15, 0.2) is 0 Å². The first-order valence-corrected chi connectivity index (χ1v) is 5.65. The van der Waals surface area contributed by atoms with Crippen LogP contribution in [-0.2, 0) is 0 Å². The van der Waals surface area contributed by atoms with Gasteiger partial charge in [0.05, 0.1) is 0 Å². The zero-order valence-electron chi connectivity index (χ0n) is 9.66. The molecule has 16 heavy (non-hydrogen) atoms. The van der Waals surface area contributed by atoms with E-state index in [1.807, 2.05) is 0 Å². The molecule has 4 nitrogen and oxygen atoms in total. The molecule has 86 valence electrons. The van der Waals surface area contributed by atoms with Crippen molar-refractivity contribution in [3.63, 3.8) is 0 Å². The monoisotopic (exact) mass is 219 g/mol. The van der Waals surface area contributed by atoms with E-state index in [1.54, 1.807) is 25.4 Å². The van der Waals surface area contributed by atoms with E-state index in [4.69, 9.17) is 0 Å². The number of aromatic nitrogens is 1. The first-order chi connectivity index (χ1) is 7.70. The summed E-state index contributed by atoms with van der Waals surface area (Å²) in [6.07, 6.45) is 4.11. The summed E-state index contributed by atoms with van der Waals surface area (Å²) in [5.41, 5.74) is 0.659. The van der Waals surface area contributed by atoms with Crippen molar-refractivity contribution in [1.29, 1.82) is 0 Å². The molecule has 1 aliphatic rings. The maximum atomic E-state index is 11.9. The average molecular weight is 219 g/mol. The van der Waals surface area contributed by atoms with Crippen LogP contribution in [0.15, 0.2) is 18.3 Å². The lowest BCUT2D eigenvalue weighted by molar-refractivity contribution is 0.0936. The Morgan fingerprint density at radius 2 is 2.31 bits per heavy atom. The Morgan fingerprint density at radius 3 is 2.94 bits per heavy atom. The van der Waals surface area contributed by atoms with Gasteiger partial charge in [0.25, 0.3) is 5.91 Å². The number of nitrogens with one attached hydrogen (secondary N) is 2. The predicted molar refractivity (Wildman–Crippen MR) is 63.4 cm³/mol. The molecule has 0 bridgehead atoms. The van der Waals surface area contributed by atoms with Crippen LogP contribution in [-0.4, -0.2) is 24.0 Å².